The van der Waals surface area contributed by atoms with Crippen molar-refractivity contribution in [3.05, 3.63) is 59.7 Å². The SMILES string of the molecule is C#CCOC(=O)NCCCC[C@H](NC(=O)OCC1c2ccccc2-c2ccccc21)C(=O)O. The number of nitrogens with one attached hydrogen (secondary N) is 2. The van der Waals surface area contributed by atoms with Crippen molar-refractivity contribution in [1.29, 1.82) is 0 Å². The van der Waals surface area contributed by atoms with E-state index in [0.717, 1.165) is 22.3 Å². The zero-order chi connectivity index (χ0) is 23.6. The summed E-state index contributed by atoms with van der Waals surface area (Å²) in [6, 6.07) is 14.8. The molecule has 1 aliphatic rings. The first-order valence-electron chi connectivity index (χ1n) is 10.7. The van der Waals surface area contributed by atoms with Gasteiger partial charge in [-0.1, -0.05) is 54.5 Å². The molecule has 2 amide bonds. The zero-order valence-corrected chi connectivity index (χ0v) is 18.1. The van der Waals surface area contributed by atoms with Gasteiger partial charge >= 0.3 is 18.2 Å². The van der Waals surface area contributed by atoms with Crippen molar-refractivity contribution in [1.82, 2.24) is 10.6 Å². The van der Waals surface area contributed by atoms with Crippen LogP contribution in [0.1, 0.15) is 36.3 Å². The van der Waals surface area contributed by atoms with Crippen molar-refractivity contribution in [2.75, 3.05) is 19.8 Å². The molecule has 0 saturated carbocycles. The van der Waals surface area contributed by atoms with E-state index in [0.29, 0.717) is 19.4 Å². The highest BCUT2D eigenvalue weighted by Gasteiger charge is 2.29. The van der Waals surface area contributed by atoms with Crippen molar-refractivity contribution in [3.8, 4) is 23.5 Å². The van der Waals surface area contributed by atoms with E-state index in [1.807, 2.05) is 48.5 Å². The maximum absolute atomic E-state index is 12.3. The molecular formula is C25H26N2O6. The predicted octanol–water partition coefficient (Wildman–Crippen LogP) is 3.51. The van der Waals surface area contributed by atoms with E-state index >= 15 is 0 Å². The van der Waals surface area contributed by atoms with Gasteiger partial charge in [-0.05, 0) is 41.5 Å². The number of carboxylic acids is 1. The van der Waals surface area contributed by atoms with Gasteiger partial charge in [-0.25, -0.2) is 14.4 Å². The number of unbranched alkanes of at least 4 members (excludes halogenated alkanes) is 1. The summed E-state index contributed by atoms with van der Waals surface area (Å²) in [5.74, 6) is 0.930. The first kappa shape index (κ1) is 23.7. The Bertz CT molecular complexity index is 1000. The smallest absolute Gasteiger partial charge is 0.408 e. The van der Waals surface area contributed by atoms with Gasteiger partial charge in [0.05, 0.1) is 0 Å². The summed E-state index contributed by atoms with van der Waals surface area (Å²) in [4.78, 5) is 35.2. The molecule has 0 spiro atoms. The molecule has 8 heteroatoms. The van der Waals surface area contributed by atoms with Gasteiger partial charge in [-0.3, -0.25) is 0 Å². The number of hydrogen-bond acceptors (Lipinski definition) is 5. The Morgan fingerprint density at radius 1 is 0.970 bits per heavy atom. The minimum absolute atomic E-state index is 0.105. The Labute approximate surface area is 192 Å². The highest BCUT2D eigenvalue weighted by Crippen LogP contribution is 2.44. The van der Waals surface area contributed by atoms with Crippen molar-refractivity contribution in [3.63, 3.8) is 0 Å². The lowest BCUT2D eigenvalue weighted by Gasteiger charge is -2.17. The largest absolute Gasteiger partial charge is 0.480 e. The zero-order valence-electron chi connectivity index (χ0n) is 18.1. The van der Waals surface area contributed by atoms with Crippen LogP contribution in [0.25, 0.3) is 11.1 Å². The number of aliphatic carboxylic acids is 1. The highest BCUT2D eigenvalue weighted by atomic mass is 16.6. The number of hydrogen-bond donors (Lipinski definition) is 3. The summed E-state index contributed by atoms with van der Waals surface area (Å²) in [6.07, 6.45) is 4.77. The first-order chi connectivity index (χ1) is 16.0. The van der Waals surface area contributed by atoms with Crippen LogP contribution in [-0.2, 0) is 14.3 Å². The highest BCUT2D eigenvalue weighted by molar-refractivity contribution is 5.81. The Balaban J connectivity index is 1.46. The maximum atomic E-state index is 12.3. The quantitative estimate of drug-likeness (QED) is 0.377. The van der Waals surface area contributed by atoms with Crippen molar-refractivity contribution in [2.45, 2.75) is 31.2 Å². The van der Waals surface area contributed by atoms with Gasteiger partial charge in [0.25, 0.3) is 0 Å². The fourth-order valence-corrected chi connectivity index (χ4v) is 3.86. The van der Waals surface area contributed by atoms with Gasteiger partial charge in [-0.2, -0.15) is 0 Å². The molecule has 0 radical (unpaired) electrons. The molecule has 2 aromatic rings. The molecule has 0 aromatic heterocycles. The second-order valence-corrected chi connectivity index (χ2v) is 7.56. The third-order valence-corrected chi connectivity index (χ3v) is 5.41. The Kier molecular flexibility index (Phi) is 8.30. The van der Waals surface area contributed by atoms with Crippen LogP contribution in [0, 0.1) is 12.3 Å². The standard InChI is InChI=1S/C25H26N2O6/c1-2-15-32-24(30)26-14-8-7-13-22(23(28)29)27-25(31)33-16-21-19-11-5-3-9-17(19)18-10-4-6-12-20(18)21/h1,3-6,9-12,21-22H,7-8,13-16H2,(H,26,30)(H,27,31)(H,28,29)/t22-/m0/s1. The van der Waals surface area contributed by atoms with E-state index in [2.05, 4.69) is 21.3 Å². The third-order valence-electron chi connectivity index (χ3n) is 5.41. The van der Waals surface area contributed by atoms with E-state index < -0.39 is 24.2 Å². The number of carbonyl (C=O) groups excluding carboxylic acids is 2. The number of terminal acetylenes is 1. The predicted molar refractivity (Wildman–Crippen MR) is 122 cm³/mol. The molecule has 3 N–H and O–H groups in total. The lowest BCUT2D eigenvalue weighted by molar-refractivity contribution is -0.139. The topological polar surface area (TPSA) is 114 Å². The van der Waals surface area contributed by atoms with Crippen LogP contribution in [0.15, 0.2) is 48.5 Å². The molecule has 0 unspecified atom stereocenters. The minimum atomic E-state index is -1.15. The molecule has 1 aliphatic carbocycles. The maximum Gasteiger partial charge on any atom is 0.408 e. The van der Waals surface area contributed by atoms with Crippen LogP contribution >= 0.6 is 0 Å². The van der Waals surface area contributed by atoms with E-state index in [4.69, 9.17) is 11.2 Å². The minimum Gasteiger partial charge on any atom is -0.480 e. The molecule has 3 rings (SSSR count). The number of benzene rings is 2. The van der Waals surface area contributed by atoms with E-state index in [1.54, 1.807) is 0 Å². The molecule has 8 nitrogen and oxygen atoms in total. The van der Waals surface area contributed by atoms with Gasteiger partial charge in [0.2, 0.25) is 0 Å². The molecule has 172 valence electrons. The second-order valence-electron chi connectivity index (χ2n) is 7.56. The lowest BCUT2D eigenvalue weighted by Crippen LogP contribution is -2.41. The molecule has 0 fully saturated rings. The summed E-state index contributed by atoms with van der Waals surface area (Å²) in [5.41, 5.74) is 4.38. The van der Waals surface area contributed by atoms with Crippen LogP contribution in [0.3, 0.4) is 0 Å². The van der Waals surface area contributed by atoms with Crippen LogP contribution in [0.2, 0.25) is 0 Å². The summed E-state index contributed by atoms with van der Waals surface area (Å²) in [7, 11) is 0. The molecule has 0 saturated heterocycles. The number of rotatable bonds is 10. The van der Waals surface area contributed by atoms with Gasteiger partial charge in [0, 0.05) is 12.5 Å². The number of carbonyl (C=O) groups is 3. The van der Waals surface area contributed by atoms with Crippen molar-refractivity contribution >= 4 is 18.2 Å². The Hall–Kier alpha value is -3.99. The van der Waals surface area contributed by atoms with E-state index in [9.17, 15) is 19.5 Å². The Morgan fingerprint density at radius 2 is 1.61 bits per heavy atom. The molecule has 0 bridgehead atoms. The van der Waals surface area contributed by atoms with Crippen LogP contribution in [0.5, 0.6) is 0 Å². The average molecular weight is 450 g/mol. The number of carboxylic acid groups (broad SMARTS) is 1. The number of alkyl carbamates (subject to hydrolysis) is 2. The average Bonchev–Trinajstić information content (AvgIpc) is 3.14. The lowest BCUT2D eigenvalue weighted by atomic mass is 9.98. The molecule has 0 heterocycles. The summed E-state index contributed by atoms with van der Waals surface area (Å²) in [5, 5.41) is 14.4. The molecule has 33 heavy (non-hydrogen) atoms. The van der Waals surface area contributed by atoms with Crippen molar-refractivity contribution in [2.24, 2.45) is 0 Å². The fourth-order valence-electron chi connectivity index (χ4n) is 3.86. The van der Waals surface area contributed by atoms with Crippen molar-refractivity contribution < 1.29 is 29.0 Å². The van der Waals surface area contributed by atoms with Crippen LogP contribution in [-0.4, -0.2) is 49.1 Å². The van der Waals surface area contributed by atoms with Gasteiger partial charge in [0.1, 0.15) is 12.6 Å². The van der Waals surface area contributed by atoms with Gasteiger partial charge < -0.3 is 25.2 Å². The molecule has 1 atom stereocenters. The fraction of sp³-hybridized carbons (Fsp3) is 0.320. The number of fused-ring (bicyclic) bond motifs is 3. The Morgan fingerprint density at radius 3 is 2.21 bits per heavy atom. The van der Waals surface area contributed by atoms with Gasteiger partial charge in [0.15, 0.2) is 6.61 Å². The second kappa shape index (κ2) is 11.6. The molecular weight excluding hydrogens is 424 g/mol. The molecule has 0 aliphatic heterocycles. The van der Waals surface area contributed by atoms with E-state index in [1.165, 1.54) is 0 Å². The number of amides is 2. The van der Waals surface area contributed by atoms with Crippen LogP contribution < -0.4 is 10.6 Å². The summed E-state index contributed by atoms with van der Waals surface area (Å²) >= 11 is 0. The monoisotopic (exact) mass is 450 g/mol. The van der Waals surface area contributed by atoms with Crippen LogP contribution in [0.4, 0.5) is 9.59 Å². The first-order valence-corrected chi connectivity index (χ1v) is 10.7. The van der Waals surface area contributed by atoms with Gasteiger partial charge in [-0.15, -0.1) is 6.42 Å². The number of ether oxygens (including phenoxy) is 2. The van der Waals surface area contributed by atoms with E-state index in [-0.39, 0.29) is 25.6 Å². The summed E-state index contributed by atoms with van der Waals surface area (Å²) in [6.45, 7) is 0.299. The third kappa shape index (κ3) is 6.26. The summed E-state index contributed by atoms with van der Waals surface area (Å²) < 4.78 is 10.1. The normalized spacial score (nSPS) is 12.6. The molecule has 2 aromatic carbocycles.